The molecule has 0 spiro atoms. The third-order valence-corrected chi connectivity index (χ3v) is 6.88. The lowest BCUT2D eigenvalue weighted by Gasteiger charge is -2.29. The van der Waals surface area contributed by atoms with Crippen molar-refractivity contribution < 1.29 is 9.53 Å². The maximum Gasteiger partial charge on any atom is 0.306 e. The zero-order valence-corrected chi connectivity index (χ0v) is 11.8. The van der Waals surface area contributed by atoms with E-state index in [0.29, 0.717) is 5.92 Å². The molecule has 92 valence electrons. The average Bonchev–Trinajstić information content (AvgIpc) is 2.34. The molecule has 1 saturated heterocycles. The molecule has 3 heteroatoms. The highest BCUT2D eigenvalue weighted by Gasteiger charge is 2.40. The van der Waals surface area contributed by atoms with Gasteiger partial charge in [0.2, 0.25) is 0 Å². The summed E-state index contributed by atoms with van der Waals surface area (Å²) in [5.74, 6) is 0.785. The zero-order valence-electron chi connectivity index (χ0n) is 10.8. The van der Waals surface area contributed by atoms with Crippen molar-refractivity contribution in [2.24, 2.45) is 5.92 Å². The van der Waals surface area contributed by atoms with Crippen LogP contribution in [0.3, 0.4) is 0 Å². The number of ether oxygens (including phenoxy) is 1. The number of hydrogen-bond donors (Lipinski definition) is 0. The third-order valence-electron chi connectivity index (χ3n) is 4.26. The van der Waals surface area contributed by atoms with Gasteiger partial charge in [-0.2, -0.15) is 0 Å². The molecule has 1 aliphatic heterocycles. The fraction of sp³-hybridized carbons (Fsp3) is 0.923. The number of rotatable bonds is 1. The topological polar surface area (TPSA) is 26.3 Å². The molecule has 0 aromatic heterocycles. The molecular weight excluding hydrogens is 216 g/mol. The van der Waals surface area contributed by atoms with Gasteiger partial charge in [-0.3, -0.25) is 4.79 Å². The lowest BCUT2D eigenvalue weighted by atomic mass is 9.84. The average molecular weight is 240 g/mol. The number of esters is 1. The Morgan fingerprint density at radius 3 is 2.44 bits per heavy atom. The van der Waals surface area contributed by atoms with Crippen molar-refractivity contribution in [3.05, 3.63) is 0 Å². The van der Waals surface area contributed by atoms with E-state index in [2.05, 4.69) is 19.6 Å². The molecule has 2 rings (SSSR count). The first kappa shape index (κ1) is 12.2. The van der Waals surface area contributed by atoms with Crippen molar-refractivity contribution in [2.45, 2.75) is 69.8 Å². The van der Waals surface area contributed by atoms with Crippen molar-refractivity contribution in [3.8, 4) is 0 Å². The second-order valence-corrected chi connectivity index (χ2v) is 11.9. The largest absolute Gasteiger partial charge is 0.462 e. The summed E-state index contributed by atoms with van der Waals surface area (Å²) in [6, 6.07) is 0. The second-order valence-electron chi connectivity index (χ2n) is 6.52. The predicted octanol–water partition coefficient (Wildman–Crippen LogP) is 3.59. The Morgan fingerprint density at radius 2 is 1.75 bits per heavy atom. The monoisotopic (exact) mass is 240 g/mol. The van der Waals surface area contributed by atoms with E-state index in [-0.39, 0.29) is 17.6 Å². The summed E-state index contributed by atoms with van der Waals surface area (Å²) in [6.45, 7) is 6.86. The standard InChI is InChI=1S/C13H24O2Si/c1-16(2,3)12-9-8-10-6-4-5-7-11(10)15-13(12)14/h10-12H,4-9H2,1-3H3/t10-,11+,12?/m0/s1. The number of fused-ring (bicyclic) bond motifs is 1. The van der Waals surface area contributed by atoms with Gasteiger partial charge in [-0.15, -0.1) is 0 Å². The smallest absolute Gasteiger partial charge is 0.306 e. The van der Waals surface area contributed by atoms with Gasteiger partial charge in [0, 0.05) is 0 Å². The van der Waals surface area contributed by atoms with Crippen molar-refractivity contribution in [1.29, 1.82) is 0 Å². The molecule has 1 unspecified atom stereocenters. The molecule has 0 radical (unpaired) electrons. The van der Waals surface area contributed by atoms with Crippen LogP contribution in [0, 0.1) is 5.92 Å². The summed E-state index contributed by atoms with van der Waals surface area (Å²) in [4.78, 5) is 12.1. The highest BCUT2D eigenvalue weighted by atomic mass is 28.3. The van der Waals surface area contributed by atoms with Gasteiger partial charge in [-0.1, -0.05) is 26.1 Å². The maximum absolute atomic E-state index is 12.1. The minimum atomic E-state index is -1.39. The van der Waals surface area contributed by atoms with E-state index in [9.17, 15) is 4.79 Å². The van der Waals surface area contributed by atoms with Crippen LogP contribution in [0.2, 0.25) is 25.2 Å². The number of hydrogen-bond acceptors (Lipinski definition) is 2. The van der Waals surface area contributed by atoms with Gasteiger partial charge in [0.05, 0.1) is 13.6 Å². The van der Waals surface area contributed by atoms with E-state index >= 15 is 0 Å². The van der Waals surface area contributed by atoms with Crippen LogP contribution in [-0.4, -0.2) is 20.1 Å². The van der Waals surface area contributed by atoms with Crippen LogP contribution in [0.5, 0.6) is 0 Å². The molecule has 0 aromatic carbocycles. The van der Waals surface area contributed by atoms with Gasteiger partial charge in [0.15, 0.2) is 0 Å². The lowest BCUT2D eigenvalue weighted by molar-refractivity contribution is -0.151. The molecule has 0 bridgehead atoms. The van der Waals surface area contributed by atoms with E-state index in [1.807, 2.05) is 0 Å². The molecule has 2 nitrogen and oxygen atoms in total. The van der Waals surface area contributed by atoms with E-state index in [0.717, 1.165) is 12.8 Å². The minimum absolute atomic E-state index is 0.119. The molecule has 3 atom stereocenters. The SMILES string of the molecule is C[Si](C)(C)C1CC[C@@H]2CCCC[C@H]2OC1=O. The van der Waals surface area contributed by atoms with Crippen LogP contribution < -0.4 is 0 Å². The van der Waals surface area contributed by atoms with Gasteiger partial charge in [-0.25, -0.2) is 0 Å². The van der Waals surface area contributed by atoms with Crippen LogP contribution in [0.4, 0.5) is 0 Å². The van der Waals surface area contributed by atoms with Crippen LogP contribution >= 0.6 is 0 Å². The van der Waals surface area contributed by atoms with E-state index in [1.165, 1.54) is 25.7 Å². The third kappa shape index (κ3) is 2.50. The Bertz CT molecular complexity index is 270. The van der Waals surface area contributed by atoms with E-state index < -0.39 is 8.07 Å². The quantitative estimate of drug-likeness (QED) is 0.517. The summed E-state index contributed by atoms with van der Waals surface area (Å²) >= 11 is 0. The molecule has 2 aliphatic rings. The minimum Gasteiger partial charge on any atom is -0.462 e. The van der Waals surface area contributed by atoms with E-state index in [4.69, 9.17) is 4.74 Å². The Labute approximate surface area is 99.8 Å². The highest BCUT2D eigenvalue weighted by Crippen LogP contribution is 2.39. The number of carbonyl (C=O) groups is 1. The Morgan fingerprint density at radius 1 is 1.06 bits per heavy atom. The van der Waals surface area contributed by atoms with Crippen LogP contribution in [0.1, 0.15) is 38.5 Å². The molecule has 2 fully saturated rings. The van der Waals surface area contributed by atoms with Crippen molar-refractivity contribution in [1.82, 2.24) is 0 Å². The Kier molecular flexibility index (Phi) is 3.43. The fourth-order valence-electron chi connectivity index (χ4n) is 3.18. The number of carbonyl (C=O) groups excluding carboxylic acids is 1. The summed E-state index contributed by atoms with van der Waals surface area (Å²) in [5.41, 5.74) is 0.234. The van der Waals surface area contributed by atoms with Crippen molar-refractivity contribution >= 4 is 14.0 Å². The lowest BCUT2D eigenvalue weighted by Crippen LogP contribution is -2.35. The molecule has 0 amide bonds. The van der Waals surface area contributed by atoms with Gasteiger partial charge < -0.3 is 4.74 Å². The van der Waals surface area contributed by atoms with Crippen LogP contribution in [-0.2, 0) is 9.53 Å². The first-order chi connectivity index (χ1) is 7.48. The maximum atomic E-state index is 12.1. The zero-order chi connectivity index (χ0) is 11.8. The first-order valence-corrected chi connectivity index (χ1v) is 10.3. The molecule has 1 heterocycles. The normalized spacial score (nSPS) is 36.2. The second kappa shape index (κ2) is 4.51. The fourth-order valence-corrected chi connectivity index (χ4v) is 4.98. The molecular formula is C13H24O2Si. The predicted molar refractivity (Wildman–Crippen MR) is 68.2 cm³/mol. The molecule has 0 N–H and O–H groups in total. The molecule has 16 heavy (non-hydrogen) atoms. The van der Waals surface area contributed by atoms with Gasteiger partial charge in [0.25, 0.3) is 0 Å². The Hall–Kier alpha value is -0.313. The summed E-state index contributed by atoms with van der Waals surface area (Å²) in [5, 5.41) is 0. The van der Waals surface area contributed by atoms with Crippen LogP contribution in [0.15, 0.2) is 0 Å². The van der Waals surface area contributed by atoms with Crippen molar-refractivity contribution in [2.75, 3.05) is 0 Å². The summed E-state index contributed by atoms with van der Waals surface area (Å²) < 4.78 is 5.75. The van der Waals surface area contributed by atoms with Gasteiger partial charge in [-0.05, 0) is 38.0 Å². The van der Waals surface area contributed by atoms with E-state index in [1.54, 1.807) is 0 Å². The summed E-state index contributed by atoms with van der Waals surface area (Å²) in [7, 11) is -1.39. The molecule has 1 aliphatic carbocycles. The highest BCUT2D eigenvalue weighted by molar-refractivity contribution is 6.80. The van der Waals surface area contributed by atoms with Gasteiger partial charge >= 0.3 is 5.97 Å². The first-order valence-electron chi connectivity index (χ1n) is 6.69. The van der Waals surface area contributed by atoms with Crippen molar-refractivity contribution in [3.63, 3.8) is 0 Å². The summed E-state index contributed by atoms with van der Waals surface area (Å²) in [6.07, 6.45) is 7.50. The molecule has 1 saturated carbocycles. The van der Waals surface area contributed by atoms with Gasteiger partial charge in [0.1, 0.15) is 6.10 Å². The van der Waals surface area contributed by atoms with Crippen LogP contribution in [0.25, 0.3) is 0 Å². The molecule has 0 aromatic rings. The Balaban J connectivity index is 2.09.